The van der Waals surface area contributed by atoms with Crippen molar-refractivity contribution in [3.8, 4) is 5.95 Å². The van der Waals surface area contributed by atoms with Crippen LogP contribution in [0.2, 0.25) is 0 Å². The molecule has 0 saturated carbocycles. The molecule has 7 heteroatoms. The Bertz CT molecular complexity index is 578. The second kappa shape index (κ2) is 5.07. The lowest BCUT2D eigenvalue weighted by Gasteiger charge is -2.27. The number of nitrogens with zero attached hydrogens (tertiary/aromatic N) is 6. The van der Waals surface area contributed by atoms with Crippen molar-refractivity contribution in [2.75, 3.05) is 17.2 Å². The summed E-state index contributed by atoms with van der Waals surface area (Å²) >= 11 is 0. The molecule has 1 saturated heterocycles. The van der Waals surface area contributed by atoms with Crippen molar-refractivity contribution in [1.29, 1.82) is 0 Å². The molecule has 0 aliphatic carbocycles. The zero-order valence-corrected chi connectivity index (χ0v) is 11.8. The van der Waals surface area contributed by atoms with E-state index in [9.17, 15) is 0 Å². The second-order valence-electron chi connectivity index (χ2n) is 5.41. The predicted molar refractivity (Wildman–Crippen MR) is 76.6 cm³/mol. The summed E-state index contributed by atoms with van der Waals surface area (Å²) in [6.07, 6.45) is 7.47. The van der Waals surface area contributed by atoms with E-state index in [1.165, 1.54) is 6.42 Å². The zero-order chi connectivity index (χ0) is 14.1. The van der Waals surface area contributed by atoms with Gasteiger partial charge in [-0.05, 0) is 18.8 Å². The van der Waals surface area contributed by atoms with Crippen molar-refractivity contribution < 1.29 is 0 Å². The summed E-state index contributed by atoms with van der Waals surface area (Å²) in [6, 6.07) is 0.465. The van der Waals surface area contributed by atoms with Gasteiger partial charge in [-0.15, -0.1) is 0 Å². The molecule has 0 bridgehead atoms. The van der Waals surface area contributed by atoms with E-state index in [2.05, 4.69) is 38.7 Å². The Morgan fingerprint density at radius 1 is 1.25 bits per heavy atom. The molecule has 1 atom stereocenters. The van der Waals surface area contributed by atoms with Gasteiger partial charge in [0, 0.05) is 25.0 Å². The Labute approximate surface area is 117 Å². The van der Waals surface area contributed by atoms with Gasteiger partial charge in [-0.3, -0.25) is 4.57 Å². The third kappa shape index (κ3) is 2.31. The molecule has 2 N–H and O–H groups in total. The van der Waals surface area contributed by atoms with Crippen LogP contribution in [0.25, 0.3) is 5.95 Å². The maximum atomic E-state index is 5.83. The highest BCUT2D eigenvalue weighted by Crippen LogP contribution is 2.27. The van der Waals surface area contributed by atoms with E-state index >= 15 is 0 Å². The van der Waals surface area contributed by atoms with E-state index in [0.717, 1.165) is 13.0 Å². The first-order valence-corrected chi connectivity index (χ1v) is 6.91. The van der Waals surface area contributed by atoms with Crippen LogP contribution in [0.1, 0.15) is 26.7 Å². The highest BCUT2D eigenvalue weighted by Gasteiger charge is 2.29. The number of imidazole rings is 1. The molecular formula is C13H19N7. The van der Waals surface area contributed by atoms with Gasteiger partial charge in [0.2, 0.25) is 17.8 Å². The Balaban J connectivity index is 1.98. The fraction of sp³-hybridized carbons (Fsp3) is 0.538. The van der Waals surface area contributed by atoms with Crippen LogP contribution in [0, 0.1) is 5.92 Å². The molecule has 3 rings (SSSR count). The summed E-state index contributed by atoms with van der Waals surface area (Å²) in [5, 5.41) is 0. The monoisotopic (exact) mass is 273 g/mol. The largest absolute Gasteiger partial charge is 0.368 e. The van der Waals surface area contributed by atoms with Crippen LogP contribution in [0.3, 0.4) is 0 Å². The van der Waals surface area contributed by atoms with Crippen molar-refractivity contribution >= 4 is 11.9 Å². The van der Waals surface area contributed by atoms with Crippen molar-refractivity contribution in [1.82, 2.24) is 24.5 Å². The van der Waals surface area contributed by atoms with Crippen molar-refractivity contribution in [3.63, 3.8) is 0 Å². The zero-order valence-electron chi connectivity index (χ0n) is 11.8. The van der Waals surface area contributed by atoms with E-state index in [4.69, 9.17) is 5.73 Å². The van der Waals surface area contributed by atoms with Gasteiger partial charge in [-0.2, -0.15) is 15.0 Å². The minimum absolute atomic E-state index is 0.244. The number of hydrogen-bond donors (Lipinski definition) is 1. The van der Waals surface area contributed by atoms with Crippen LogP contribution in [0.5, 0.6) is 0 Å². The van der Waals surface area contributed by atoms with E-state index in [1.807, 2.05) is 0 Å². The van der Waals surface area contributed by atoms with Crippen molar-refractivity contribution in [3.05, 3.63) is 18.7 Å². The molecule has 2 aromatic heterocycles. The van der Waals surface area contributed by atoms with Gasteiger partial charge in [-0.25, -0.2) is 4.98 Å². The Hall–Kier alpha value is -2.18. The number of rotatable bonds is 3. The molecule has 2 aromatic rings. The Morgan fingerprint density at radius 3 is 2.75 bits per heavy atom. The summed E-state index contributed by atoms with van der Waals surface area (Å²) in [6.45, 7) is 5.42. The number of anilines is 2. The molecule has 0 aromatic carbocycles. The lowest BCUT2D eigenvalue weighted by atomic mass is 10.0. The van der Waals surface area contributed by atoms with Crippen LogP contribution in [-0.4, -0.2) is 37.1 Å². The summed E-state index contributed by atoms with van der Waals surface area (Å²) in [5.41, 5.74) is 5.83. The van der Waals surface area contributed by atoms with Gasteiger partial charge < -0.3 is 10.6 Å². The van der Waals surface area contributed by atoms with Crippen LogP contribution in [0.4, 0.5) is 11.9 Å². The maximum Gasteiger partial charge on any atom is 0.241 e. The molecule has 0 amide bonds. The Morgan fingerprint density at radius 2 is 2.05 bits per heavy atom. The van der Waals surface area contributed by atoms with Crippen molar-refractivity contribution in [2.24, 2.45) is 5.92 Å². The van der Waals surface area contributed by atoms with E-state index in [-0.39, 0.29) is 5.95 Å². The lowest BCUT2D eigenvalue weighted by Crippen LogP contribution is -2.35. The third-order valence-corrected chi connectivity index (χ3v) is 3.69. The SMILES string of the molecule is CC(C)C1CCCN1c1nc(N)nc(-n2ccnc2)n1. The van der Waals surface area contributed by atoms with E-state index < -0.39 is 0 Å². The number of hydrogen-bond acceptors (Lipinski definition) is 6. The van der Waals surface area contributed by atoms with Gasteiger partial charge in [0.25, 0.3) is 0 Å². The molecular weight excluding hydrogens is 254 g/mol. The normalized spacial score (nSPS) is 18.9. The molecule has 1 unspecified atom stereocenters. The molecule has 0 spiro atoms. The van der Waals surface area contributed by atoms with Crippen LogP contribution in [-0.2, 0) is 0 Å². The first kappa shape index (κ1) is 12.8. The standard InChI is InChI=1S/C13H19N7/c1-9(2)10-4-3-6-20(10)13-17-11(14)16-12(18-13)19-7-5-15-8-19/h5,7-10H,3-4,6H2,1-2H3,(H2,14,16,17,18). The summed E-state index contributed by atoms with van der Waals surface area (Å²) in [4.78, 5) is 19.3. The van der Waals surface area contributed by atoms with Gasteiger partial charge in [-0.1, -0.05) is 13.8 Å². The lowest BCUT2D eigenvalue weighted by molar-refractivity contribution is 0.486. The fourth-order valence-electron chi connectivity index (χ4n) is 2.72. The van der Waals surface area contributed by atoms with Crippen LogP contribution < -0.4 is 10.6 Å². The quantitative estimate of drug-likeness (QED) is 0.906. The molecule has 106 valence electrons. The predicted octanol–water partition coefficient (Wildman–Crippen LogP) is 1.26. The molecule has 20 heavy (non-hydrogen) atoms. The van der Waals surface area contributed by atoms with Crippen LogP contribution >= 0.6 is 0 Å². The second-order valence-corrected chi connectivity index (χ2v) is 5.41. The fourth-order valence-corrected chi connectivity index (χ4v) is 2.72. The molecule has 0 radical (unpaired) electrons. The maximum absolute atomic E-state index is 5.83. The average Bonchev–Trinajstić information content (AvgIpc) is 3.09. The number of nitrogen functional groups attached to an aromatic ring is 1. The number of nitrogens with two attached hydrogens (primary N) is 1. The van der Waals surface area contributed by atoms with E-state index in [0.29, 0.717) is 23.9 Å². The summed E-state index contributed by atoms with van der Waals surface area (Å²) < 4.78 is 1.74. The van der Waals surface area contributed by atoms with Crippen LogP contribution in [0.15, 0.2) is 18.7 Å². The average molecular weight is 273 g/mol. The smallest absolute Gasteiger partial charge is 0.241 e. The molecule has 7 nitrogen and oxygen atoms in total. The molecule has 1 fully saturated rings. The minimum atomic E-state index is 0.244. The topological polar surface area (TPSA) is 85.8 Å². The van der Waals surface area contributed by atoms with Gasteiger partial charge >= 0.3 is 0 Å². The third-order valence-electron chi connectivity index (χ3n) is 3.69. The highest BCUT2D eigenvalue weighted by molar-refractivity contribution is 5.40. The van der Waals surface area contributed by atoms with Gasteiger partial charge in [0.1, 0.15) is 6.33 Å². The number of aromatic nitrogens is 5. The van der Waals surface area contributed by atoms with Gasteiger partial charge in [0.05, 0.1) is 0 Å². The van der Waals surface area contributed by atoms with Gasteiger partial charge in [0.15, 0.2) is 0 Å². The first-order valence-electron chi connectivity index (χ1n) is 6.91. The first-order chi connectivity index (χ1) is 9.65. The highest BCUT2D eigenvalue weighted by atomic mass is 15.3. The minimum Gasteiger partial charge on any atom is -0.368 e. The molecule has 3 heterocycles. The van der Waals surface area contributed by atoms with E-state index in [1.54, 1.807) is 23.3 Å². The summed E-state index contributed by atoms with van der Waals surface area (Å²) in [5.74, 6) is 1.98. The van der Waals surface area contributed by atoms with Crippen molar-refractivity contribution in [2.45, 2.75) is 32.7 Å². The Kier molecular flexibility index (Phi) is 3.25. The summed E-state index contributed by atoms with van der Waals surface area (Å²) in [7, 11) is 0. The molecule has 1 aliphatic rings. The molecule has 1 aliphatic heterocycles.